The van der Waals surface area contributed by atoms with Gasteiger partial charge in [0.2, 0.25) is 0 Å². The van der Waals surface area contributed by atoms with Gasteiger partial charge in [0, 0.05) is 36.9 Å². The summed E-state index contributed by atoms with van der Waals surface area (Å²) in [5.74, 6) is -0.152. The van der Waals surface area contributed by atoms with E-state index in [1.165, 1.54) is 0 Å². The van der Waals surface area contributed by atoms with Gasteiger partial charge >= 0.3 is 0 Å². The SMILES string of the molecule is CC(C)(C)n1cc(-c2ccc(C(=O)NCc3ccncc3)cn2)cn1. The molecule has 0 aliphatic heterocycles. The van der Waals surface area contributed by atoms with E-state index in [1.807, 2.05) is 29.1 Å². The monoisotopic (exact) mass is 335 g/mol. The van der Waals surface area contributed by atoms with Crippen LogP contribution < -0.4 is 5.32 Å². The molecule has 3 aromatic rings. The molecule has 6 heteroatoms. The topological polar surface area (TPSA) is 72.7 Å². The van der Waals surface area contributed by atoms with Crippen molar-refractivity contribution < 1.29 is 4.79 Å². The van der Waals surface area contributed by atoms with E-state index < -0.39 is 0 Å². The molecule has 1 amide bonds. The molecule has 25 heavy (non-hydrogen) atoms. The Kier molecular flexibility index (Phi) is 4.61. The van der Waals surface area contributed by atoms with Crippen molar-refractivity contribution in [2.75, 3.05) is 0 Å². The van der Waals surface area contributed by atoms with Gasteiger partial charge in [0.05, 0.1) is 23.0 Å². The summed E-state index contributed by atoms with van der Waals surface area (Å²) in [7, 11) is 0. The number of nitrogens with one attached hydrogen (secondary N) is 1. The van der Waals surface area contributed by atoms with Gasteiger partial charge in [-0.3, -0.25) is 19.4 Å². The van der Waals surface area contributed by atoms with Crippen molar-refractivity contribution in [3.8, 4) is 11.3 Å². The van der Waals surface area contributed by atoms with Crippen LogP contribution in [0.3, 0.4) is 0 Å². The molecule has 0 aromatic carbocycles. The Bertz CT molecular complexity index is 848. The van der Waals surface area contributed by atoms with Crippen LogP contribution in [0.1, 0.15) is 36.7 Å². The fourth-order valence-electron chi connectivity index (χ4n) is 2.31. The third-order valence-corrected chi connectivity index (χ3v) is 3.79. The first-order valence-electron chi connectivity index (χ1n) is 8.12. The number of amides is 1. The molecule has 0 saturated carbocycles. The second kappa shape index (κ2) is 6.84. The van der Waals surface area contributed by atoms with Gasteiger partial charge in [0.25, 0.3) is 5.91 Å². The fourth-order valence-corrected chi connectivity index (χ4v) is 2.31. The number of hydrogen-bond donors (Lipinski definition) is 1. The Morgan fingerprint density at radius 1 is 1.12 bits per heavy atom. The lowest BCUT2D eigenvalue weighted by Crippen LogP contribution is -2.22. The lowest BCUT2D eigenvalue weighted by molar-refractivity contribution is 0.0950. The minimum absolute atomic E-state index is 0.0783. The number of carbonyl (C=O) groups is 1. The molecule has 6 nitrogen and oxygen atoms in total. The highest BCUT2D eigenvalue weighted by Crippen LogP contribution is 2.20. The fraction of sp³-hybridized carbons (Fsp3) is 0.263. The standard InChI is InChI=1S/C19H21N5O/c1-19(2,3)24-13-16(12-23-24)17-5-4-15(11-21-17)18(25)22-10-14-6-8-20-9-7-14/h4-9,11-13H,10H2,1-3H3,(H,22,25). The van der Waals surface area contributed by atoms with Crippen LogP contribution >= 0.6 is 0 Å². The molecular formula is C19H21N5O. The molecule has 0 atom stereocenters. The van der Waals surface area contributed by atoms with Crippen molar-refractivity contribution in [3.63, 3.8) is 0 Å². The second-order valence-corrected chi connectivity index (χ2v) is 6.81. The van der Waals surface area contributed by atoms with E-state index in [9.17, 15) is 4.79 Å². The van der Waals surface area contributed by atoms with Gasteiger partial charge in [-0.1, -0.05) is 0 Å². The van der Waals surface area contributed by atoms with Crippen molar-refractivity contribution in [3.05, 3.63) is 66.4 Å². The lowest BCUT2D eigenvalue weighted by atomic mass is 10.1. The molecule has 0 radical (unpaired) electrons. The van der Waals surface area contributed by atoms with Crippen molar-refractivity contribution >= 4 is 5.91 Å². The Morgan fingerprint density at radius 3 is 2.48 bits per heavy atom. The van der Waals surface area contributed by atoms with Crippen LogP contribution in [0.4, 0.5) is 0 Å². The summed E-state index contributed by atoms with van der Waals surface area (Å²) in [6.07, 6.45) is 8.75. The van der Waals surface area contributed by atoms with Gasteiger partial charge in [-0.25, -0.2) is 0 Å². The van der Waals surface area contributed by atoms with E-state index in [1.54, 1.807) is 30.9 Å². The Balaban J connectivity index is 1.67. The van der Waals surface area contributed by atoms with Crippen molar-refractivity contribution in [2.24, 2.45) is 0 Å². The first-order chi connectivity index (χ1) is 11.9. The summed E-state index contributed by atoms with van der Waals surface area (Å²) in [4.78, 5) is 20.6. The zero-order chi connectivity index (χ0) is 17.9. The number of rotatable bonds is 4. The lowest BCUT2D eigenvalue weighted by Gasteiger charge is -2.18. The van der Waals surface area contributed by atoms with Gasteiger partial charge in [-0.05, 0) is 50.6 Å². The Labute approximate surface area is 146 Å². The van der Waals surface area contributed by atoms with Crippen LogP contribution in [-0.2, 0) is 12.1 Å². The third-order valence-electron chi connectivity index (χ3n) is 3.79. The minimum atomic E-state index is -0.152. The molecule has 3 heterocycles. The largest absolute Gasteiger partial charge is 0.348 e. The second-order valence-electron chi connectivity index (χ2n) is 6.81. The van der Waals surface area contributed by atoms with E-state index >= 15 is 0 Å². The molecule has 0 fully saturated rings. The first-order valence-corrected chi connectivity index (χ1v) is 8.12. The molecule has 0 aliphatic rings. The highest BCUT2D eigenvalue weighted by Gasteiger charge is 2.15. The van der Waals surface area contributed by atoms with E-state index in [2.05, 4.69) is 41.2 Å². The predicted octanol–water partition coefficient (Wildman–Crippen LogP) is 3.03. The maximum atomic E-state index is 12.2. The van der Waals surface area contributed by atoms with Crippen LogP contribution in [0.2, 0.25) is 0 Å². The van der Waals surface area contributed by atoms with Crippen molar-refractivity contribution in [1.29, 1.82) is 0 Å². The summed E-state index contributed by atoms with van der Waals surface area (Å²) in [6.45, 7) is 6.73. The van der Waals surface area contributed by atoms with E-state index in [4.69, 9.17) is 0 Å². The van der Waals surface area contributed by atoms with E-state index in [0.29, 0.717) is 12.1 Å². The first kappa shape index (κ1) is 16.8. The highest BCUT2D eigenvalue weighted by molar-refractivity contribution is 5.94. The molecule has 0 saturated heterocycles. The van der Waals surface area contributed by atoms with E-state index in [-0.39, 0.29) is 11.4 Å². The van der Waals surface area contributed by atoms with Crippen LogP contribution in [0.5, 0.6) is 0 Å². The summed E-state index contributed by atoms with van der Waals surface area (Å²) in [5.41, 5.74) is 3.17. The molecule has 3 rings (SSSR count). The Hall–Kier alpha value is -3.02. The molecule has 1 N–H and O–H groups in total. The zero-order valence-electron chi connectivity index (χ0n) is 14.6. The maximum Gasteiger partial charge on any atom is 0.253 e. The summed E-state index contributed by atoms with van der Waals surface area (Å²) in [6, 6.07) is 7.35. The maximum absolute atomic E-state index is 12.2. The predicted molar refractivity (Wildman–Crippen MR) is 95.9 cm³/mol. The zero-order valence-corrected chi connectivity index (χ0v) is 14.6. The minimum Gasteiger partial charge on any atom is -0.348 e. The van der Waals surface area contributed by atoms with Crippen LogP contribution in [0, 0.1) is 0 Å². The van der Waals surface area contributed by atoms with Crippen molar-refractivity contribution in [1.82, 2.24) is 25.1 Å². The molecule has 0 bridgehead atoms. The van der Waals surface area contributed by atoms with Crippen LogP contribution in [0.25, 0.3) is 11.3 Å². The summed E-state index contributed by atoms with van der Waals surface area (Å²) in [5, 5.41) is 7.25. The highest BCUT2D eigenvalue weighted by atomic mass is 16.1. The number of hydrogen-bond acceptors (Lipinski definition) is 4. The summed E-state index contributed by atoms with van der Waals surface area (Å²) >= 11 is 0. The molecule has 0 spiro atoms. The molecular weight excluding hydrogens is 314 g/mol. The smallest absolute Gasteiger partial charge is 0.253 e. The molecule has 0 aliphatic carbocycles. The number of nitrogens with zero attached hydrogens (tertiary/aromatic N) is 4. The Morgan fingerprint density at radius 2 is 1.88 bits per heavy atom. The average Bonchev–Trinajstić information content (AvgIpc) is 3.11. The normalized spacial score (nSPS) is 11.3. The van der Waals surface area contributed by atoms with Gasteiger partial charge in [-0.15, -0.1) is 0 Å². The molecule has 3 aromatic heterocycles. The number of pyridine rings is 2. The molecule has 0 unspecified atom stereocenters. The number of aromatic nitrogens is 4. The van der Waals surface area contributed by atoms with Gasteiger partial charge in [0.15, 0.2) is 0 Å². The molecule has 128 valence electrons. The van der Waals surface area contributed by atoms with Gasteiger partial charge in [0.1, 0.15) is 0 Å². The van der Waals surface area contributed by atoms with Crippen LogP contribution in [0.15, 0.2) is 55.2 Å². The van der Waals surface area contributed by atoms with Crippen LogP contribution in [-0.4, -0.2) is 25.7 Å². The van der Waals surface area contributed by atoms with Gasteiger partial charge in [-0.2, -0.15) is 5.10 Å². The number of carbonyl (C=O) groups excluding carboxylic acids is 1. The third kappa shape index (κ3) is 4.09. The quantitative estimate of drug-likeness (QED) is 0.795. The van der Waals surface area contributed by atoms with Crippen molar-refractivity contribution in [2.45, 2.75) is 32.9 Å². The average molecular weight is 335 g/mol. The van der Waals surface area contributed by atoms with Gasteiger partial charge < -0.3 is 5.32 Å². The summed E-state index contributed by atoms with van der Waals surface area (Å²) < 4.78 is 1.90. The van der Waals surface area contributed by atoms with E-state index in [0.717, 1.165) is 16.8 Å².